The van der Waals surface area contributed by atoms with Crippen LogP contribution in [0.1, 0.15) is 33.7 Å². The number of hydrogen-bond acceptors (Lipinski definition) is 5. The van der Waals surface area contributed by atoms with Gasteiger partial charge in [-0.3, -0.25) is 0 Å². The third-order valence-corrected chi connectivity index (χ3v) is 4.74. The number of nitrogens with zero attached hydrogens (tertiary/aromatic N) is 5. The molecule has 0 fully saturated rings. The Morgan fingerprint density at radius 2 is 1.41 bits per heavy atom. The molecule has 2 aromatic carbocycles. The van der Waals surface area contributed by atoms with E-state index >= 15 is 0 Å². The van der Waals surface area contributed by atoms with Crippen molar-refractivity contribution in [3.05, 3.63) is 64.2 Å². The molecular weight excluding hydrogens is 334 g/mol. The molecule has 0 aliphatic rings. The van der Waals surface area contributed by atoms with Crippen LogP contribution in [0.5, 0.6) is 0 Å². The van der Waals surface area contributed by atoms with Crippen molar-refractivity contribution >= 4 is 5.69 Å². The topological polar surface area (TPSA) is 98.4 Å². The first-order chi connectivity index (χ1) is 12.8. The summed E-state index contributed by atoms with van der Waals surface area (Å²) in [6, 6.07) is 19.1. The summed E-state index contributed by atoms with van der Waals surface area (Å²) < 4.78 is 0. The number of rotatable bonds is 4. The van der Waals surface area contributed by atoms with Gasteiger partial charge in [-0.15, -0.1) is 0 Å². The second kappa shape index (κ2) is 7.61. The highest BCUT2D eigenvalue weighted by Gasteiger charge is 2.37. The smallest absolute Gasteiger partial charge is 0.193 e. The van der Waals surface area contributed by atoms with Gasteiger partial charge in [0.1, 0.15) is 0 Å². The van der Waals surface area contributed by atoms with E-state index in [2.05, 4.69) is 12.1 Å². The van der Waals surface area contributed by atoms with Gasteiger partial charge in [0.05, 0.1) is 24.3 Å². The van der Waals surface area contributed by atoms with Gasteiger partial charge in [0.15, 0.2) is 11.3 Å². The summed E-state index contributed by atoms with van der Waals surface area (Å²) >= 11 is 0. The molecule has 0 aromatic heterocycles. The van der Waals surface area contributed by atoms with E-state index in [0.717, 1.165) is 5.69 Å². The summed E-state index contributed by atoms with van der Waals surface area (Å²) in [7, 11) is 3.84. The normalized spacial score (nSPS) is 10.4. The molecule has 0 saturated heterocycles. The maximum absolute atomic E-state index is 9.96. The summed E-state index contributed by atoms with van der Waals surface area (Å²) in [4.78, 5) is 1.94. The van der Waals surface area contributed by atoms with E-state index in [1.165, 1.54) is 0 Å². The van der Waals surface area contributed by atoms with Crippen LogP contribution in [0, 0.1) is 59.2 Å². The molecule has 132 valence electrons. The van der Waals surface area contributed by atoms with Gasteiger partial charge >= 0.3 is 0 Å². The van der Waals surface area contributed by atoms with Gasteiger partial charge in [-0.1, -0.05) is 24.3 Å². The minimum absolute atomic E-state index is 0.570. The van der Waals surface area contributed by atoms with Gasteiger partial charge in [-0.05, 0) is 53.8 Å². The van der Waals surface area contributed by atoms with Crippen molar-refractivity contribution in [3.63, 3.8) is 0 Å². The van der Waals surface area contributed by atoms with Crippen molar-refractivity contribution < 1.29 is 0 Å². The first-order valence-corrected chi connectivity index (χ1v) is 8.35. The van der Waals surface area contributed by atoms with Crippen LogP contribution in [-0.2, 0) is 5.41 Å². The summed E-state index contributed by atoms with van der Waals surface area (Å²) in [5.41, 5.74) is 2.68. The fourth-order valence-electron chi connectivity index (χ4n) is 3.16. The van der Waals surface area contributed by atoms with Gasteiger partial charge in [0, 0.05) is 19.8 Å². The molecular formula is C22H19N5. The molecule has 0 unspecified atom stereocenters. The summed E-state index contributed by atoms with van der Waals surface area (Å²) in [5.74, 6) is -0.879. The van der Waals surface area contributed by atoms with E-state index in [9.17, 15) is 21.0 Å². The molecule has 0 atom stereocenters. The van der Waals surface area contributed by atoms with E-state index in [0.29, 0.717) is 27.8 Å². The average molecular weight is 353 g/mol. The molecule has 0 heterocycles. The molecule has 0 radical (unpaired) electrons. The lowest BCUT2D eigenvalue weighted by atomic mass is 9.73. The molecule has 2 aromatic rings. The third-order valence-electron chi connectivity index (χ3n) is 4.74. The van der Waals surface area contributed by atoms with Gasteiger partial charge in [0.2, 0.25) is 0 Å². The van der Waals surface area contributed by atoms with Crippen LogP contribution in [0.15, 0.2) is 36.4 Å². The fraction of sp³-hybridized carbons (Fsp3) is 0.273. The Morgan fingerprint density at radius 3 is 1.85 bits per heavy atom. The lowest BCUT2D eigenvalue weighted by Gasteiger charge is -2.24. The number of hydrogen-bond donors (Lipinski definition) is 0. The van der Waals surface area contributed by atoms with Crippen LogP contribution in [-0.4, -0.2) is 14.1 Å². The molecule has 27 heavy (non-hydrogen) atoms. The Bertz CT molecular complexity index is 993. The van der Waals surface area contributed by atoms with Crippen LogP contribution >= 0.6 is 0 Å². The first kappa shape index (κ1) is 19.5. The molecule has 5 heteroatoms. The van der Waals surface area contributed by atoms with Crippen molar-refractivity contribution in [1.29, 1.82) is 21.0 Å². The van der Waals surface area contributed by atoms with Crippen LogP contribution in [0.25, 0.3) is 0 Å². The van der Waals surface area contributed by atoms with E-state index in [1.807, 2.05) is 43.3 Å². The monoisotopic (exact) mass is 353 g/mol. The van der Waals surface area contributed by atoms with Crippen molar-refractivity contribution in [3.8, 4) is 24.3 Å². The Balaban J connectivity index is 2.70. The van der Waals surface area contributed by atoms with Crippen molar-refractivity contribution in [1.82, 2.24) is 0 Å². The van der Waals surface area contributed by atoms with E-state index in [1.54, 1.807) is 38.1 Å². The predicted octanol–water partition coefficient (Wildman–Crippen LogP) is 3.83. The van der Waals surface area contributed by atoms with Gasteiger partial charge in [0.25, 0.3) is 0 Å². The highest BCUT2D eigenvalue weighted by molar-refractivity contribution is 5.60. The number of nitriles is 4. The lowest BCUT2D eigenvalue weighted by Crippen LogP contribution is -2.25. The zero-order chi connectivity index (χ0) is 20.2. The zero-order valence-electron chi connectivity index (χ0n) is 15.8. The van der Waals surface area contributed by atoms with Gasteiger partial charge in [-0.25, -0.2) is 0 Å². The maximum atomic E-state index is 9.96. The van der Waals surface area contributed by atoms with Crippen LogP contribution in [0.4, 0.5) is 5.69 Å². The fourth-order valence-corrected chi connectivity index (χ4v) is 3.16. The lowest BCUT2D eigenvalue weighted by molar-refractivity contribution is 0.833. The third kappa shape index (κ3) is 3.32. The molecule has 0 aliphatic carbocycles. The largest absolute Gasteiger partial charge is 0.378 e. The number of aryl methyl sites for hydroxylation is 2. The molecule has 2 rings (SSSR count). The second-order valence-electron chi connectivity index (χ2n) is 6.63. The minimum atomic E-state index is -1.47. The van der Waals surface area contributed by atoms with Crippen molar-refractivity contribution in [2.45, 2.75) is 25.2 Å². The van der Waals surface area contributed by atoms with E-state index in [-0.39, 0.29) is 0 Å². The van der Waals surface area contributed by atoms with Crippen molar-refractivity contribution in [2.24, 2.45) is 0 Å². The molecule has 0 bridgehead atoms. The molecule has 0 spiro atoms. The van der Waals surface area contributed by atoms with Crippen LogP contribution < -0.4 is 4.90 Å². The molecule has 5 nitrogen and oxygen atoms in total. The Labute approximate surface area is 159 Å². The summed E-state index contributed by atoms with van der Waals surface area (Å²) in [6.07, 6.45) is 0. The predicted molar refractivity (Wildman–Crippen MR) is 103 cm³/mol. The van der Waals surface area contributed by atoms with Gasteiger partial charge < -0.3 is 4.90 Å². The standard InChI is InChI=1S/C22H19N5/c1-15-10-21(16(2)9-20(15)17(11-23)12-24)22(13-25,14-26)18-5-7-19(8-6-18)27(3)4/h5-10,17H,1-4H3. The van der Waals surface area contributed by atoms with Crippen molar-refractivity contribution in [2.75, 3.05) is 19.0 Å². The molecule has 0 N–H and O–H groups in total. The number of anilines is 1. The molecule has 0 saturated carbocycles. The van der Waals surface area contributed by atoms with Crippen LogP contribution in [0.3, 0.4) is 0 Å². The zero-order valence-corrected chi connectivity index (χ0v) is 15.8. The van der Waals surface area contributed by atoms with E-state index < -0.39 is 11.3 Å². The Hall–Kier alpha value is -3.80. The molecule has 0 aliphatic heterocycles. The summed E-state index contributed by atoms with van der Waals surface area (Å²) in [5, 5.41) is 38.3. The Morgan fingerprint density at radius 1 is 0.852 bits per heavy atom. The van der Waals surface area contributed by atoms with Crippen LogP contribution in [0.2, 0.25) is 0 Å². The highest BCUT2D eigenvalue weighted by Crippen LogP contribution is 2.36. The first-order valence-electron chi connectivity index (χ1n) is 8.35. The minimum Gasteiger partial charge on any atom is -0.378 e. The molecule has 0 amide bonds. The van der Waals surface area contributed by atoms with E-state index in [4.69, 9.17) is 0 Å². The Kier molecular flexibility index (Phi) is 5.51. The van der Waals surface area contributed by atoms with Gasteiger partial charge in [-0.2, -0.15) is 21.0 Å². The SMILES string of the molecule is Cc1cc(C(C#N)(C#N)c2ccc(N(C)C)cc2)c(C)cc1C(C#N)C#N. The number of benzene rings is 2. The summed E-state index contributed by atoms with van der Waals surface area (Å²) in [6.45, 7) is 3.58. The maximum Gasteiger partial charge on any atom is 0.193 e. The quantitative estimate of drug-likeness (QED) is 0.831. The average Bonchev–Trinajstić information content (AvgIpc) is 2.67. The second-order valence-corrected chi connectivity index (χ2v) is 6.63. The highest BCUT2D eigenvalue weighted by atomic mass is 15.1.